The van der Waals surface area contributed by atoms with Gasteiger partial charge in [0.15, 0.2) is 0 Å². The number of aldehydes is 1. The van der Waals surface area contributed by atoms with Crippen LogP contribution in [0.2, 0.25) is 0 Å². The molecule has 102 valence electrons. The molecule has 0 spiro atoms. The summed E-state index contributed by atoms with van der Waals surface area (Å²) in [4.78, 5) is 10.4. The van der Waals surface area contributed by atoms with E-state index in [4.69, 9.17) is 0 Å². The fourth-order valence-corrected chi connectivity index (χ4v) is 2.20. The first-order valence-corrected chi connectivity index (χ1v) is 7.76. The standard InChI is InChI=1S/C16H32O/c1-3-4-5-6-7-8-9-10-11-12-13-14-16(2)15-17/h15-16H,3-14H2,1-2H3. The minimum atomic E-state index is 0.272. The summed E-state index contributed by atoms with van der Waals surface area (Å²) in [6.07, 6.45) is 17.4. The van der Waals surface area contributed by atoms with Crippen molar-refractivity contribution >= 4 is 6.29 Å². The number of unbranched alkanes of at least 4 members (excludes halogenated alkanes) is 10. The lowest BCUT2D eigenvalue weighted by Gasteiger charge is -2.04. The third-order valence-corrected chi connectivity index (χ3v) is 3.50. The minimum absolute atomic E-state index is 0.272. The highest BCUT2D eigenvalue weighted by atomic mass is 16.1. The Morgan fingerprint density at radius 2 is 1.18 bits per heavy atom. The second-order valence-electron chi connectivity index (χ2n) is 5.44. The van der Waals surface area contributed by atoms with Gasteiger partial charge in [0.2, 0.25) is 0 Å². The van der Waals surface area contributed by atoms with E-state index in [2.05, 4.69) is 6.92 Å². The van der Waals surface area contributed by atoms with Gasteiger partial charge in [0.25, 0.3) is 0 Å². The van der Waals surface area contributed by atoms with Crippen LogP contribution < -0.4 is 0 Å². The maximum Gasteiger partial charge on any atom is 0.122 e. The molecule has 0 rings (SSSR count). The first kappa shape index (κ1) is 16.7. The predicted octanol–water partition coefficient (Wildman–Crippen LogP) is 5.52. The molecule has 0 bridgehead atoms. The van der Waals surface area contributed by atoms with Crippen molar-refractivity contribution in [2.24, 2.45) is 5.92 Å². The van der Waals surface area contributed by atoms with E-state index in [0.29, 0.717) is 0 Å². The molecule has 0 heterocycles. The molecule has 0 aromatic heterocycles. The maximum atomic E-state index is 10.4. The number of carbonyl (C=O) groups is 1. The molecule has 0 saturated carbocycles. The van der Waals surface area contributed by atoms with E-state index < -0.39 is 0 Å². The van der Waals surface area contributed by atoms with Gasteiger partial charge in [-0.05, 0) is 6.42 Å². The van der Waals surface area contributed by atoms with Crippen LogP contribution in [-0.4, -0.2) is 6.29 Å². The third kappa shape index (κ3) is 13.6. The van der Waals surface area contributed by atoms with Gasteiger partial charge in [-0.3, -0.25) is 0 Å². The highest BCUT2D eigenvalue weighted by Crippen LogP contribution is 2.13. The van der Waals surface area contributed by atoms with Crippen molar-refractivity contribution in [3.63, 3.8) is 0 Å². The van der Waals surface area contributed by atoms with Crippen LogP contribution in [0.1, 0.15) is 90.9 Å². The lowest BCUT2D eigenvalue weighted by atomic mass is 10.0. The van der Waals surface area contributed by atoms with Crippen molar-refractivity contribution in [3.8, 4) is 0 Å². The molecule has 17 heavy (non-hydrogen) atoms. The van der Waals surface area contributed by atoms with Crippen LogP contribution in [-0.2, 0) is 4.79 Å². The van der Waals surface area contributed by atoms with E-state index >= 15 is 0 Å². The quantitative estimate of drug-likeness (QED) is 0.306. The van der Waals surface area contributed by atoms with Crippen LogP contribution in [0, 0.1) is 5.92 Å². The molecule has 0 aromatic carbocycles. The lowest BCUT2D eigenvalue weighted by Crippen LogP contribution is -1.94. The second kappa shape index (κ2) is 13.7. The monoisotopic (exact) mass is 240 g/mol. The Morgan fingerprint density at radius 3 is 1.59 bits per heavy atom. The van der Waals surface area contributed by atoms with Gasteiger partial charge in [-0.2, -0.15) is 0 Å². The van der Waals surface area contributed by atoms with Gasteiger partial charge in [0.05, 0.1) is 0 Å². The van der Waals surface area contributed by atoms with Crippen LogP contribution in [0.4, 0.5) is 0 Å². The van der Waals surface area contributed by atoms with E-state index in [0.717, 1.165) is 12.7 Å². The van der Waals surface area contributed by atoms with Crippen LogP contribution in [0.3, 0.4) is 0 Å². The molecule has 0 aliphatic heterocycles. The topological polar surface area (TPSA) is 17.1 Å². The Morgan fingerprint density at radius 1 is 0.765 bits per heavy atom. The summed E-state index contributed by atoms with van der Waals surface area (Å²) in [5, 5.41) is 0. The van der Waals surface area contributed by atoms with Crippen LogP contribution >= 0.6 is 0 Å². The zero-order chi connectivity index (χ0) is 12.8. The average Bonchev–Trinajstić information content (AvgIpc) is 2.35. The van der Waals surface area contributed by atoms with Crippen molar-refractivity contribution in [1.29, 1.82) is 0 Å². The lowest BCUT2D eigenvalue weighted by molar-refractivity contribution is -0.110. The Labute approximate surface area is 108 Å². The third-order valence-electron chi connectivity index (χ3n) is 3.50. The van der Waals surface area contributed by atoms with Gasteiger partial charge in [0, 0.05) is 5.92 Å². The van der Waals surface area contributed by atoms with Crippen molar-refractivity contribution < 1.29 is 4.79 Å². The normalized spacial score (nSPS) is 12.6. The molecular weight excluding hydrogens is 208 g/mol. The van der Waals surface area contributed by atoms with Gasteiger partial charge in [-0.1, -0.05) is 84.5 Å². The van der Waals surface area contributed by atoms with E-state index in [9.17, 15) is 4.79 Å². The summed E-state index contributed by atoms with van der Waals surface area (Å²) in [6, 6.07) is 0. The summed E-state index contributed by atoms with van der Waals surface area (Å²) in [6.45, 7) is 4.29. The molecule has 0 N–H and O–H groups in total. The maximum absolute atomic E-state index is 10.4. The van der Waals surface area contributed by atoms with Crippen molar-refractivity contribution in [2.75, 3.05) is 0 Å². The van der Waals surface area contributed by atoms with Crippen LogP contribution in [0.5, 0.6) is 0 Å². The Balaban J connectivity index is 2.96. The smallest absolute Gasteiger partial charge is 0.122 e. The van der Waals surface area contributed by atoms with Crippen LogP contribution in [0.25, 0.3) is 0 Å². The predicted molar refractivity (Wildman–Crippen MR) is 76.3 cm³/mol. The molecule has 0 saturated heterocycles. The fraction of sp³-hybridized carbons (Fsp3) is 0.938. The number of rotatable bonds is 13. The molecule has 1 atom stereocenters. The largest absolute Gasteiger partial charge is 0.303 e. The summed E-state index contributed by atoms with van der Waals surface area (Å²) in [5.41, 5.74) is 0. The first-order valence-electron chi connectivity index (χ1n) is 7.76. The van der Waals surface area contributed by atoms with E-state index in [-0.39, 0.29) is 5.92 Å². The summed E-state index contributed by atoms with van der Waals surface area (Å²) >= 11 is 0. The highest BCUT2D eigenvalue weighted by molar-refractivity contribution is 5.52. The van der Waals surface area contributed by atoms with Gasteiger partial charge < -0.3 is 4.79 Å². The zero-order valence-corrected chi connectivity index (χ0v) is 12.0. The van der Waals surface area contributed by atoms with Gasteiger partial charge in [-0.25, -0.2) is 0 Å². The van der Waals surface area contributed by atoms with Crippen LogP contribution in [0.15, 0.2) is 0 Å². The number of hydrogen-bond donors (Lipinski definition) is 0. The molecular formula is C16H32O. The molecule has 1 heteroatoms. The second-order valence-corrected chi connectivity index (χ2v) is 5.44. The fourth-order valence-electron chi connectivity index (χ4n) is 2.20. The van der Waals surface area contributed by atoms with Crippen molar-refractivity contribution in [3.05, 3.63) is 0 Å². The number of carbonyl (C=O) groups excluding carboxylic acids is 1. The molecule has 1 nitrogen and oxygen atoms in total. The van der Waals surface area contributed by atoms with Gasteiger partial charge >= 0.3 is 0 Å². The Hall–Kier alpha value is -0.330. The van der Waals surface area contributed by atoms with Crippen molar-refractivity contribution in [1.82, 2.24) is 0 Å². The van der Waals surface area contributed by atoms with E-state index in [1.165, 1.54) is 70.6 Å². The molecule has 0 amide bonds. The summed E-state index contributed by atoms with van der Waals surface area (Å²) in [5.74, 6) is 0.272. The summed E-state index contributed by atoms with van der Waals surface area (Å²) < 4.78 is 0. The number of hydrogen-bond acceptors (Lipinski definition) is 1. The Bertz CT molecular complexity index is 154. The first-order chi connectivity index (χ1) is 8.31. The average molecular weight is 240 g/mol. The summed E-state index contributed by atoms with van der Waals surface area (Å²) in [7, 11) is 0. The minimum Gasteiger partial charge on any atom is -0.303 e. The Kier molecular flexibility index (Phi) is 13.5. The molecule has 0 aliphatic rings. The van der Waals surface area contributed by atoms with E-state index in [1.807, 2.05) is 6.92 Å². The van der Waals surface area contributed by atoms with Gasteiger partial charge in [-0.15, -0.1) is 0 Å². The molecule has 0 aromatic rings. The van der Waals surface area contributed by atoms with Gasteiger partial charge in [0.1, 0.15) is 6.29 Å². The molecule has 0 aliphatic carbocycles. The molecule has 1 unspecified atom stereocenters. The zero-order valence-electron chi connectivity index (χ0n) is 12.0. The molecule has 0 fully saturated rings. The highest BCUT2D eigenvalue weighted by Gasteiger charge is 1.98. The SMILES string of the molecule is CCCCCCCCCCCCCC(C)C=O. The van der Waals surface area contributed by atoms with Crippen molar-refractivity contribution in [2.45, 2.75) is 90.9 Å². The van der Waals surface area contributed by atoms with E-state index in [1.54, 1.807) is 0 Å². The molecule has 0 radical (unpaired) electrons.